The van der Waals surface area contributed by atoms with E-state index in [1.165, 1.54) is 0 Å². The molecule has 4 aromatic rings. The van der Waals surface area contributed by atoms with Gasteiger partial charge in [-0.05, 0) is 27.8 Å². The number of ketones is 1. The van der Waals surface area contributed by atoms with Gasteiger partial charge in [0.1, 0.15) is 15.8 Å². The SMILES string of the molecule is O=C(COC(=O)[C@H](Cc1ccccc1)N1C(=O)[C@@H]2[C@H](C1=O)C1(Cl)c3ccccc3C2(Cl)c2ccccc21)c1ccccc1. The summed E-state index contributed by atoms with van der Waals surface area (Å²) in [4.78, 5) is 53.7. The molecule has 43 heavy (non-hydrogen) atoms. The second-order valence-electron chi connectivity index (χ2n) is 11.1. The maximum Gasteiger partial charge on any atom is 0.330 e. The number of esters is 1. The molecule has 0 aromatic heterocycles. The third kappa shape index (κ3) is 3.93. The Bertz CT molecular complexity index is 1670. The van der Waals surface area contributed by atoms with Crippen molar-refractivity contribution in [2.45, 2.75) is 22.2 Å². The number of likely N-dealkylation sites (tertiary alicyclic amines) is 1. The number of carbonyl (C=O) groups is 4. The normalized spacial score (nSPS) is 25.5. The first-order valence-corrected chi connectivity index (χ1v) is 14.8. The van der Waals surface area contributed by atoms with Crippen LogP contribution < -0.4 is 0 Å². The summed E-state index contributed by atoms with van der Waals surface area (Å²) in [7, 11) is 0. The van der Waals surface area contributed by atoms with Gasteiger partial charge in [-0.25, -0.2) is 4.79 Å². The van der Waals surface area contributed by atoms with Crippen LogP contribution >= 0.6 is 23.2 Å². The van der Waals surface area contributed by atoms with Gasteiger partial charge in [0.05, 0.1) is 11.8 Å². The third-order valence-electron chi connectivity index (χ3n) is 8.92. The van der Waals surface area contributed by atoms with Crippen LogP contribution in [-0.4, -0.2) is 41.1 Å². The highest BCUT2D eigenvalue weighted by Crippen LogP contribution is 2.69. The van der Waals surface area contributed by atoms with Crippen molar-refractivity contribution in [2.24, 2.45) is 11.8 Å². The lowest BCUT2D eigenvalue weighted by atomic mass is 9.54. The van der Waals surface area contributed by atoms with E-state index < -0.39 is 57.8 Å². The fourth-order valence-corrected chi connectivity index (χ4v) is 8.15. The molecule has 8 rings (SSSR count). The molecule has 0 radical (unpaired) electrons. The van der Waals surface area contributed by atoms with Crippen molar-refractivity contribution >= 4 is 46.8 Å². The van der Waals surface area contributed by atoms with Crippen molar-refractivity contribution in [1.82, 2.24) is 4.90 Å². The minimum atomic E-state index is -1.37. The lowest BCUT2D eigenvalue weighted by Crippen LogP contribution is -2.57. The molecule has 1 heterocycles. The predicted octanol–water partition coefficient (Wildman–Crippen LogP) is 5.62. The van der Waals surface area contributed by atoms with E-state index in [4.69, 9.17) is 27.9 Å². The first-order valence-electron chi connectivity index (χ1n) is 14.0. The van der Waals surface area contributed by atoms with Gasteiger partial charge in [-0.2, -0.15) is 0 Å². The summed E-state index contributed by atoms with van der Waals surface area (Å²) in [5.74, 6) is -4.55. The van der Waals surface area contributed by atoms with Crippen LogP contribution in [0.15, 0.2) is 109 Å². The molecule has 0 spiro atoms. The molecule has 3 aliphatic carbocycles. The van der Waals surface area contributed by atoms with E-state index in [0.29, 0.717) is 33.4 Å². The number of halogens is 2. The monoisotopic (exact) mass is 609 g/mol. The summed E-state index contributed by atoms with van der Waals surface area (Å²) in [6, 6.07) is 30.9. The summed E-state index contributed by atoms with van der Waals surface area (Å²) in [5.41, 5.74) is 3.78. The van der Waals surface area contributed by atoms with Gasteiger partial charge in [0.2, 0.25) is 11.8 Å². The van der Waals surface area contributed by atoms with Gasteiger partial charge in [-0.1, -0.05) is 109 Å². The molecule has 4 aromatic carbocycles. The van der Waals surface area contributed by atoms with Gasteiger partial charge in [0.25, 0.3) is 0 Å². The fraction of sp³-hybridized carbons (Fsp3) is 0.200. The van der Waals surface area contributed by atoms with Gasteiger partial charge in [0.15, 0.2) is 12.4 Å². The van der Waals surface area contributed by atoms with E-state index in [2.05, 4.69) is 0 Å². The van der Waals surface area contributed by atoms with Crippen molar-refractivity contribution < 1.29 is 23.9 Å². The van der Waals surface area contributed by atoms with E-state index in [1.54, 1.807) is 54.6 Å². The Balaban J connectivity index is 1.30. The summed E-state index contributed by atoms with van der Waals surface area (Å²) >= 11 is 15.1. The van der Waals surface area contributed by atoms with Crippen LogP contribution in [0.1, 0.15) is 38.2 Å². The van der Waals surface area contributed by atoms with Crippen LogP contribution in [0.3, 0.4) is 0 Å². The number of hydrogen-bond acceptors (Lipinski definition) is 5. The number of amides is 2. The van der Waals surface area contributed by atoms with Gasteiger partial charge in [-0.3, -0.25) is 19.3 Å². The number of rotatable bonds is 7. The standard InChI is InChI=1S/C35H25Cl2NO5/c36-34-23-15-7-8-16-24(23)35(37,26-18-10-9-17-25(26)34)30-29(34)31(40)38(32(30)41)27(19-21-11-3-1-4-12-21)33(42)43-20-28(39)22-13-5-2-6-14-22/h1-18,27,29-30H,19-20H2/t27-,29-,30+,34?,35?/m0/s1. The zero-order valence-electron chi connectivity index (χ0n) is 22.8. The molecule has 0 saturated carbocycles. The van der Waals surface area contributed by atoms with Crippen LogP contribution in [0.4, 0.5) is 0 Å². The Hall–Kier alpha value is -4.26. The van der Waals surface area contributed by atoms with Gasteiger partial charge in [-0.15, -0.1) is 23.2 Å². The molecule has 4 aliphatic rings. The van der Waals surface area contributed by atoms with Gasteiger partial charge >= 0.3 is 5.97 Å². The molecule has 0 unspecified atom stereocenters. The summed E-state index contributed by atoms with van der Waals surface area (Å²) in [5, 5.41) is 0. The maximum atomic E-state index is 14.5. The van der Waals surface area contributed by atoms with Crippen molar-refractivity contribution in [2.75, 3.05) is 6.61 Å². The molecule has 2 bridgehead atoms. The second kappa shape index (κ2) is 10.2. The van der Waals surface area contributed by atoms with E-state index in [0.717, 1.165) is 4.90 Å². The van der Waals surface area contributed by atoms with Crippen molar-refractivity contribution in [3.8, 4) is 0 Å². The van der Waals surface area contributed by atoms with Crippen LogP contribution in [-0.2, 0) is 35.3 Å². The molecule has 214 valence electrons. The number of imide groups is 1. The number of ether oxygens (including phenoxy) is 1. The lowest BCUT2D eigenvalue weighted by Gasteiger charge is -2.54. The Labute approximate surface area is 258 Å². The zero-order chi connectivity index (χ0) is 29.9. The fourth-order valence-electron chi connectivity index (χ4n) is 7.05. The van der Waals surface area contributed by atoms with Crippen molar-refractivity contribution in [3.63, 3.8) is 0 Å². The quantitative estimate of drug-likeness (QED) is 0.118. The zero-order valence-corrected chi connectivity index (χ0v) is 24.3. The van der Waals surface area contributed by atoms with Crippen molar-refractivity contribution in [3.05, 3.63) is 143 Å². The number of Topliss-reactive ketones (excluding diaryl/α,β-unsaturated/α-hetero) is 1. The second-order valence-corrected chi connectivity index (χ2v) is 12.3. The Morgan fingerprint density at radius 1 is 0.674 bits per heavy atom. The molecular weight excluding hydrogens is 585 g/mol. The van der Waals surface area contributed by atoms with Crippen molar-refractivity contribution in [1.29, 1.82) is 0 Å². The van der Waals surface area contributed by atoms with Gasteiger partial charge in [0, 0.05) is 12.0 Å². The minimum Gasteiger partial charge on any atom is -0.456 e. The van der Waals surface area contributed by atoms with Crippen LogP contribution in [0.2, 0.25) is 0 Å². The topological polar surface area (TPSA) is 80.8 Å². The van der Waals surface area contributed by atoms with E-state index >= 15 is 0 Å². The number of carbonyl (C=O) groups excluding carboxylic acids is 4. The molecule has 0 N–H and O–H groups in total. The molecule has 1 saturated heterocycles. The molecular formula is C35H25Cl2NO5. The van der Waals surface area contributed by atoms with Crippen LogP contribution in [0.5, 0.6) is 0 Å². The highest BCUT2D eigenvalue weighted by Gasteiger charge is 2.73. The van der Waals surface area contributed by atoms with E-state index in [1.807, 2.05) is 54.6 Å². The molecule has 3 atom stereocenters. The number of benzene rings is 4. The highest BCUT2D eigenvalue weighted by atomic mass is 35.5. The van der Waals surface area contributed by atoms with E-state index in [-0.39, 0.29) is 6.42 Å². The van der Waals surface area contributed by atoms with Crippen LogP contribution in [0.25, 0.3) is 0 Å². The summed E-state index contributed by atoms with van der Waals surface area (Å²) in [6.07, 6.45) is 0.000584. The number of nitrogens with zero attached hydrogens (tertiary/aromatic N) is 1. The summed E-state index contributed by atoms with van der Waals surface area (Å²) < 4.78 is 5.50. The lowest BCUT2D eigenvalue weighted by molar-refractivity contribution is -0.158. The molecule has 1 aliphatic heterocycles. The predicted molar refractivity (Wildman–Crippen MR) is 161 cm³/mol. The van der Waals surface area contributed by atoms with Crippen LogP contribution in [0, 0.1) is 11.8 Å². The smallest absolute Gasteiger partial charge is 0.330 e. The average molecular weight is 610 g/mol. The average Bonchev–Trinajstić information content (AvgIpc) is 3.32. The highest BCUT2D eigenvalue weighted by molar-refractivity contribution is 6.36. The third-order valence-corrected chi connectivity index (χ3v) is 10.2. The number of alkyl halides is 2. The summed E-state index contributed by atoms with van der Waals surface area (Å²) in [6.45, 7) is -0.535. The largest absolute Gasteiger partial charge is 0.456 e. The number of hydrogen-bond donors (Lipinski definition) is 0. The minimum absolute atomic E-state index is 0.000584. The first-order chi connectivity index (χ1) is 20.8. The van der Waals surface area contributed by atoms with E-state index in [9.17, 15) is 19.2 Å². The Kier molecular flexibility index (Phi) is 6.53. The molecule has 1 fully saturated rings. The maximum absolute atomic E-state index is 14.5. The first kappa shape index (κ1) is 27.6. The molecule has 8 heteroatoms. The molecule has 6 nitrogen and oxygen atoms in total. The Morgan fingerprint density at radius 2 is 1.09 bits per heavy atom. The molecule has 2 amide bonds. The van der Waals surface area contributed by atoms with Gasteiger partial charge < -0.3 is 4.74 Å². The Morgan fingerprint density at radius 3 is 1.56 bits per heavy atom.